The van der Waals surface area contributed by atoms with E-state index in [4.69, 9.17) is 4.98 Å². The Balaban J connectivity index is 1.42. The summed E-state index contributed by atoms with van der Waals surface area (Å²) in [6.07, 6.45) is 5.72. The molecule has 35 heavy (non-hydrogen) atoms. The van der Waals surface area contributed by atoms with Crippen LogP contribution in [-0.2, 0) is 0 Å². The summed E-state index contributed by atoms with van der Waals surface area (Å²) in [6.45, 7) is 0. The lowest BCUT2D eigenvalue weighted by Crippen LogP contribution is -2.14. The largest absolute Gasteiger partial charge is 0.305 e. The molecule has 0 aliphatic heterocycles. The predicted octanol–water partition coefficient (Wildman–Crippen LogP) is 4.64. The monoisotopic (exact) mass is 467 g/mol. The molecule has 1 N–H and O–H groups in total. The molecule has 0 fully saturated rings. The van der Waals surface area contributed by atoms with Gasteiger partial charge in [-0.15, -0.1) is 0 Å². The lowest BCUT2D eigenvalue weighted by molar-refractivity contribution is 0.102. The summed E-state index contributed by atoms with van der Waals surface area (Å²) < 4.78 is 30.8. The van der Waals surface area contributed by atoms with E-state index in [1.54, 1.807) is 24.3 Å². The number of nitrogens with one attached hydrogen (secondary N) is 1. The standard InChI is InChI=1S/C25H15F2N7O/c26-16-6-4-15(5-7-16)23-24(33-12-2-1-3-21(33)31-23)19-8-9-22-29-20(14-34(22)32-19)30-25(35)17-10-11-28-13-18(17)27/h1-14H,(H,30,35). The van der Waals surface area contributed by atoms with Crippen LogP contribution < -0.4 is 5.32 Å². The van der Waals surface area contributed by atoms with Gasteiger partial charge in [0.1, 0.15) is 22.9 Å². The average molecular weight is 467 g/mol. The Morgan fingerprint density at radius 2 is 1.77 bits per heavy atom. The number of carbonyl (C=O) groups excluding carboxylic acids is 1. The van der Waals surface area contributed by atoms with Gasteiger partial charge in [0.15, 0.2) is 17.3 Å². The van der Waals surface area contributed by atoms with Gasteiger partial charge in [0.05, 0.1) is 23.7 Å². The third kappa shape index (κ3) is 3.66. The Morgan fingerprint density at radius 1 is 0.914 bits per heavy atom. The van der Waals surface area contributed by atoms with Crippen molar-refractivity contribution in [1.29, 1.82) is 0 Å². The van der Waals surface area contributed by atoms with Crippen LogP contribution in [0, 0.1) is 11.6 Å². The molecule has 10 heteroatoms. The number of hydrogen-bond acceptors (Lipinski definition) is 5. The number of carbonyl (C=O) groups is 1. The van der Waals surface area contributed by atoms with Crippen LogP contribution in [0.1, 0.15) is 10.4 Å². The van der Waals surface area contributed by atoms with E-state index >= 15 is 0 Å². The average Bonchev–Trinajstić information content (AvgIpc) is 3.45. The van der Waals surface area contributed by atoms with Crippen molar-refractivity contribution in [2.24, 2.45) is 0 Å². The van der Waals surface area contributed by atoms with Gasteiger partial charge in [0.25, 0.3) is 5.91 Å². The first kappa shape index (κ1) is 20.6. The molecule has 0 unspecified atom stereocenters. The lowest BCUT2D eigenvalue weighted by Gasteiger charge is -2.05. The Morgan fingerprint density at radius 3 is 2.60 bits per heavy atom. The molecule has 5 aromatic heterocycles. The van der Waals surface area contributed by atoms with E-state index in [0.29, 0.717) is 28.4 Å². The molecular formula is C25H15F2N7O. The lowest BCUT2D eigenvalue weighted by atomic mass is 10.1. The maximum Gasteiger partial charge on any atom is 0.259 e. The van der Waals surface area contributed by atoms with Crippen LogP contribution in [0.25, 0.3) is 33.9 Å². The molecule has 170 valence electrons. The van der Waals surface area contributed by atoms with Crippen molar-refractivity contribution in [3.63, 3.8) is 0 Å². The van der Waals surface area contributed by atoms with E-state index in [1.165, 1.54) is 35.1 Å². The Hall–Kier alpha value is -4.99. The minimum Gasteiger partial charge on any atom is -0.305 e. The normalized spacial score (nSPS) is 11.3. The van der Waals surface area contributed by atoms with Crippen LogP contribution in [0.3, 0.4) is 0 Å². The zero-order chi connectivity index (χ0) is 23.9. The predicted molar refractivity (Wildman–Crippen MR) is 125 cm³/mol. The Kier molecular flexibility index (Phi) is 4.77. The van der Waals surface area contributed by atoms with Crippen molar-refractivity contribution in [1.82, 2.24) is 29.0 Å². The zero-order valence-electron chi connectivity index (χ0n) is 17.9. The molecule has 0 aliphatic rings. The number of fused-ring (bicyclic) bond motifs is 2. The molecule has 0 bridgehead atoms. The van der Waals surface area contributed by atoms with Gasteiger partial charge in [-0.1, -0.05) is 6.07 Å². The molecule has 6 rings (SSSR count). The number of anilines is 1. The van der Waals surface area contributed by atoms with Crippen molar-refractivity contribution >= 4 is 23.0 Å². The Labute approximate surface area is 196 Å². The third-order valence-corrected chi connectivity index (χ3v) is 5.47. The number of benzene rings is 1. The molecule has 5 heterocycles. The van der Waals surface area contributed by atoms with Gasteiger partial charge in [-0.2, -0.15) is 5.10 Å². The SMILES string of the molecule is O=C(Nc1cn2nc(-c3c(-c4ccc(F)cc4)nc4ccccn34)ccc2n1)c1ccncc1F. The fraction of sp³-hybridized carbons (Fsp3) is 0. The number of imidazole rings is 2. The summed E-state index contributed by atoms with van der Waals surface area (Å²) in [7, 11) is 0. The molecule has 1 aromatic carbocycles. The Bertz CT molecular complexity index is 1720. The first-order valence-electron chi connectivity index (χ1n) is 10.6. The summed E-state index contributed by atoms with van der Waals surface area (Å²) in [5.41, 5.74) is 3.74. The highest BCUT2D eigenvalue weighted by atomic mass is 19.1. The molecule has 0 aliphatic carbocycles. The molecule has 0 saturated carbocycles. The van der Waals surface area contributed by atoms with E-state index < -0.39 is 11.7 Å². The molecular weight excluding hydrogens is 452 g/mol. The molecule has 1 amide bonds. The highest BCUT2D eigenvalue weighted by Gasteiger charge is 2.19. The van der Waals surface area contributed by atoms with Crippen LogP contribution in [0.5, 0.6) is 0 Å². The topological polar surface area (TPSA) is 89.5 Å². The number of pyridine rings is 2. The maximum absolute atomic E-state index is 13.9. The van der Waals surface area contributed by atoms with Crippen LogP contribution >= 0.6 is 0 Å². The van der Waals surface area contributed by atoms with Crippen molar-refractivity contribution in [2.75, 3.05) is 5.32 Å². The number of hydrogen-bond donors (Lipinski definition) is 1. The minimum atomic E-state index is -0.727. The minimum absolute atomic E-state index is 0.139. The quantitative estimate of drug-likeness (QED) is 0.408. The maximum atomic E-state index is 13.9. The van der Waals surface area contributed by atoms with Gasteiger partial charge < -0.3 is 5.32 Å². The van der Waals surface area contributed by atoms with E-state index in [9.17, 15) is 13.6 Å². The number of halogens is 2. The molecule has 0 saturated heterocycles. The summed E-state index contributed by atoms with van der Waals surface area (Å²) in [6, 6.07) is 16.6. The molecule has 8 nitrogen and oxygen atoms in total. The molecule has 6 aromatic rings. The van der Waals surface area contributed by atoms with Crippen molar-refractivity contribution in [2.45, 2.75) is 0 Å². The first-order valence-corrected chi connectivity index (χ1v) is 10.6. The van der Waals surface area contributed by atoms with E-state index in [0.717, 1.165) is 11.8 Å². The second-order valence-electron chi connectivity index (χ2n) is 7.70. The van der Waals surface area contributed by atoms with Crippen molar-refractivity contribution in [3.05, 3.63) is 103 Å². The summed E-state index contributed by atoms with van der Waals surface area (Å²) in [4.78, 5) is 25.2. The fourth-order valence-corrected chi connectivity index (χ4v) is 3.86. The highest BCUT2D eigenvalue weighted by Crippen LogP contribution is 2.32. The number of nitrogens with zero attached hydrogens (tertiary/aromatic N) is 6. The summed E-state index contributed by atoms with van der Waals surface area (Å²) in [5, 5.41) is 7.26. The zero-order valence-corrected chi connectivity index (χ0v) is 17.9. The summed E-state index contributed by atoms with van der Waals surface area (Å²) >= 11 is 0. The van der Waals surface area contributed by atoms with Gasteiger partial charge >= 0.3 is 0 Å². The third-order valence-electron chi connectivity index (χ3n) is 5.47. The van der Waals surface area contributed by atoms with Crippen LogP contribution in [-0.4, -0.2) is 34.9 Å². The summed E-state index contributed by atoms with van der Waals surface area (Å²) in [5.74, 6) is -1.49. The highest BCUT2D eigenvalue weighted by molar-refractivity contribution is 6.04. The van der Waals surface area contributed by atoms with Gasteiger partial charge in [0, 0.05) is 18.0 Å². The van der Waals surface area contributed by atoms with E-state index in [2.05, 4.69) is 20.4 Å². The van der Waals surface area contributed by atoms with Crippen molar-refractivity contribution in [3.8, 4) is 22.6 Å². The number of rotatable bonds is 4. The fourth-order valence-electron chi connectivity index (χ4n) is 3.86. The van der Waals surface area contributed by atoms with Gasteiger partial charge in [0.2, 0.25) is 0 Å². The molecule has 0 atom stereocenters. The first-order chi connectivity index (χ1) is 17.1. The van der Waals surface area contributed by atoms with Crippen LogP contribution in [0.2, 0.25) is 0 Å². The number of amides is 1. The second kappa shape index (κ2) is 8.10. The van der Waals surface area contributed by atoms with E-state index in [1.807, 2.05) is 28.8 Å². The van der Waals surface area contributed by atoms with Gasteiger partial charge in [-0.3, -0.25) is 14.2 Å². The van der Waals surface area contributed by atoms with Gasteiger partial charge in [-0.25, -0.2) is 23.3 Å². The van der Waals surface area contributed by atoms with Crippen LogP contribution in [0.15, 0.2) is 85.5 Å². The molecule has 0 spiro atoms. The second-order valence-corrected chi connectivity index (χ2v) is 7.70. The van der Waals surface area contributed by atoms with E-state index in [-0.39, 0.29) is 17.2 Å². The van der Waals surface area contributed by atoms with Gasteiger partial charge in [-0.05, 0) is 54.6 Å². The number of aromatic nitrogens is 6. The molecule has 0 radical (unpaired) electrons. The smallest absolute Gasteiger partial charge is 0.259 e. The van der Waals surface area contributed by atoms with Crippen LogP contribution in [0.4, 0.5) is 14.6 Å². The van der Waals surface area contributed by atoms with Crippen molar-refractivity contribution < 1.29 is 13.6 Å².